The largest absolute Gasteiger partial charge is 0.0620 e. The van der Waals surface area contributed by atoms with Crippen molar-refractivity contribution in [2.45, 2.75) is 38.5 Å². The van der Waals surface area contributed by atoms with Crippen LogP contribution in [0.3, 0.4) is 0 Å². The molecular formula is C13H17. The van der Waals surface area contributed by atoms with Gasteiger partial charge in [0, 0.05) is 0 Å². The Kier molecular flexibility index (Phi) is 2.68. The fourth-order valence-electron chi connectivity index (χ4n) is 2.38. The molecule has 0 aromatic heterocycles. The summed E-state index contributed by atoms with van der Waals surface area (Å²) >= 11 is 0. The number of rotatable bonds is 2. The van der Waals surface area contributed by atoms with Gasteiger partial charge in [-0.15, -0.1) is 0 Å². The third-order valence-corrected chi connectivity index (χ3v) is 3.10. The molecule has 0 saturated heterocycles. The summed E-state index contributed by atoms with van der Waals surface area (Å²) in [5, 5.41) is 0. The molecular weight excluding hydrogens is 156 g/mol. The molecule has 0 amide bonds. The molecule has 1 aromatic rings. The third kappa shape index (κ3) is 1.77. The van der Waals surface area contributed by atoms with E-state index in [4.69, 9.17) is 0 Å². The highest BCUT2D eigenvalue weighted by molar-refractivity contribution is 5.35. The lowest BCUT2D eigenvalue weighted by molar-refractivity contribution is 0.719. The van der Waals surface area contributed by atoms with Crippen molar-refractivity contribution in [3.8, 4) is 0 Å². The van der Waals surface area contributed by atoms with Gasteiger partial charge in [-0.2, -0.15) is 0 Å². The van der Waals surface area contributed by atoms with E-state index in [2.05, 4.69) is 37.6 Å². The Morgan fingerprint density at radius 2 is 1.85 bits per heavy atom. The third-order valence-electron chi connectivity index (χ3n) is 3.10. The topological polar surface area (TPSA) is 0 Å². The summed E-state index contributed by atoms with van der Waals surface area (Å²) in [6.07, 6.45) is 7.86. The monoisotopic (exact) mass is 173 g/mol. The zero-order valence-corrected chi connectivity index (χ0v) is 8.29. The molecule has 0 aliphatic heterocycles. The Balaban J connectivity index is 2.26. The van der Waals surface area contributed by atoms with E-state index < -0.39 is 0 Å². The van der Waals surface area contributed by atoms with Crippen molar-refractivity contribution in [3.05, 3.63) is 41.8 Å². The van der Waals surface area contributed by atoms with Crippen molar-refractivity contribution in [3.63, 3.8) is 0 Å². The summed E-state index contributed by atoms with van der Waals surface area (Å²) in [5.41, 5.74) is 3.01. The normalized spacial score (nSPS) is 17.9. The van der Waals surface area contributed by atoms with Gasteiger partial charge >= 0.3 is 0 Å². The predicted octanol–water partition coefficient (Wildman–Crippen LogP) is 3.92. The molecule has 0 nitrogen and oxygen atoms in total. The van der Waals surface area contributed by atoms with Crippen molar-refractivity contribution in [2.24, 2.45) is 0 Å². The molecule has 0 spiro atoms. The summed E-state index contributed by atoms with van der Waals surface area (Å²) in [4.78, 5) is 0. The summed E-state index contributed by atoms with van der Waals surface area (Å²) in [7, 11) is 0. The van der Waals surface area contributed by atoms with Gasteiger partial charge in [0.1, 0.15) is 0 Å². The van der Waals surface area contributed by atoms with E-state index in [0.29, 0.717) is 0 Å². The fraction of sp³-hybridized carbons (Fsp3) is 0.462. The first-order valence-electron chi connectivity index (χ1n) is 5.30. The quantitative estimate of drug-likeness (QED) is 0.636. The lowest BCUT2D eigenvalue weighted by Crippen LogP contribution is -1.96. The highest BCUT2D eigenvalue weighted by atomic mass is 14.2. The van der Waals surface area contributed by atoms with Crippen LogP contribution in [0.25, 0.3) is 0 Å². The fourth-order valence-corrected chi connectivity index (χ4v) is 2.38. The van der Waals surface area contributed by atoms with Gasteiger partial charge in [-0.05, 0) is 36.3 Å². The molecule has 69 valence electrons. The lowest BCUT2D eigenvalue weighted by atomic mass is 9.92. The molecule has 1 aliphatic rings. The van der Waals surface area contributed by atoms with Gasteiger partial charge in [0.25, 0.3) is 0 Å². The van der Waals surface area contributed by atoms with Gasteiger partial charge < -0.3 is 0 Å². The Hall–Kier alpha value is -0.780. The second kappa shape index (κ2) is 3.95. The molecule has 0 unspecified atom stereocenters. The predicted molar refractivity (Wildman–Crippen MR) is 56.7 cm³/mol. The van der Waals surface area contributed by atoms with E-state index in [9.17, 15) is 0 Å². The highest BCUT2D eigenvalue weighted by Crippen LogP contribution is 2.35. The minimum absolute atomic E-state index is 0.840. The van der Waals surface area contributed by atoms with Crippen LogP contribution in [0.2, 0.25) is 0 Å². The first-order chi connectivity index (χ1) is 6.42. The van der Waals surface area contributed by atoms with Gasteiger partial charge in [-0.3, -0.25) is 0 Å². The van der Waals surface area contributed by atoms with Crippen LogP contribution >= 0.6 is 0 Å². The molecule has 13 heavy (non-hydrogen) atoms. The van der Waals surface area contributed by atoms with Gasteiger partial charge in [-0.1, -0.05) is 44.0 Å². The molecule has 0 N–H and O–H groups in total. The zero-order chi connectivity index (χ0) is 9.10. The SMILES string of the molecule is C[CH]c1ccccc1C1CCCC1. The molecule has 0 heterocycles. The van der Waals surface area contributed by atoms with Crippen molar-refractivity contribution in [1.82, 2.24) is 0 Å². The number of benzene rings is 1. The smallest absolute Gasteiger partial charge is 0.0121 e. The second-order valence-corrected chi connectivity index (χ2v) is 3.90. The van der Waals surface area contributed by atoms with E-state index in [1.54, 1.807) is 5.56 Å². The Morgan fingerprint density at radius 1 is 1.15 bits per heavy atom. The molecule has 1 saturated carbocycles. The van der Waals surface area contributed by atoms with Crippen LogP contribution in [0.5, 0.6) is 0 Å². The maximum atomic E-state index is 2.30. The van der Waals surface area contributed by atoms with Crippen LogP contribution in [0.4, 0.5) is 0 Å². The van der Waals surface area contributed by atoms with Crippen LogP contribution in [-0.4, -0.2) is 0 Å². The van der Waals surface area contributed by atoms with Gasteiger partial charge in [0.2, 0.25) is 0 Å². The standard InChI is InChI=1S/C13H17/c1-2-11-7-5-6-10-13(11)12-8-3-4-9-12/h2,5-7,10,12H,3-4,8-9H2,1H3. The van der Waals surface area contributed by atoms with Crippen molar-refractivity contribution < 1.29 is 0 Å². The molecule has 0 heteroatoms. The summed E-state index contributed by atoms with van der Waals surface area (Å²) in [6, 6.07) is 8.83. The Labute approximate surface area is 81.0 Å². The van der Waals surface area contributed by atoms with Crippen LogP contribution < -0.4 is 0 Å². The van der Waals surface area contributed by atoms with Crippen LogP contribution in [0.15, 0.2) is 24.3 Å². The van der Waals surface area contributed by atoms with Crippen molar-refractivity contribution in [1.29, 1.82) is 0 Å². The molecule has 0 bridgehead atoms. The first kappa shape index (κ1) is 8.80. The average molecular weight is 173 g/mol. The van der Waals surface area contributed by atoms with E-state index >= 15 is 0 Å². The van der Waals surface area contributed by atoms with E-state index in [1.165, 1.54) is 31.2 Å². The maximum Gasteiger partial charge on any atom is -0.0121 e. The minimum Gasteiger partial charge on any atom is -0.0620 e. The lowest BCUT2D eigenvalue weighted by Gasteiger charge is -2.13. The van der Waals surface area contributed by atoms with Crippen LogP contribution in [0.1, 0.15) is 49.7 Å². The molecule has 1 aliphatic carbocycles. The van der Waals surface area contributed by atoms with Crippen molar-refractivity contribution >= 4 is 0 Å². The minimum atomic E-state index is 0.840. The number of hydrogen-bond acceptors (Lipinski definition) is 0. The highest BCUT2D eigenvalue weighted by Gasteiger charge is 2.18. The first-order valence-corrected chi connectivity index (χ1v) is 5.30. The molecule has 1 fully saturated rings. The van der Waals surface area contributed by atoms with E-state index in [0.717, 1.165) is 5.92 Å². The molecule has 1 aromatic carbocycles. The van der Waals surface area contributed by atoms with Crippen LogP contribution in [-0.2, 0) is 0 Å². The van der Waals surface area contributed by atoms with Crippen molar-refractivity contribution in [2.75, 3.05) is 0 Å². The Morgan fingerprint density at radius 3 is 2.54 bits per heavy atom. The summed E-state index contributed by atoms with van der Waals surface area (Å²) in [6.45, 7) is 2.13. The molecule has 1 radical (unpaired) electrons. The van der Waals surface area contributed by atoms with Gasteiger partial charge in [0.05, 0.1) is 0 Å². The van der Waals surface area contributed by atoms with Crippen LogP contribution in [0, 0.1) is 6.42 Å². The summed E-state index contributed by atoms with van der Waals surface area (Å²) < 4.78 is 0. The van der Waals surface area contributed by atoms with E-state index in [1.807, 2.05) is 0 Å². The molecule has 0 atom stereocenters. The number of hydrogen-bond donors (Lipinski definition) is 0. The van der Waals surface area contributed by atoms with Gasteiger partial charge in [-0.25, -0.2) is 0 Å². The maximum absolute atomic E-state index is 2.30. The Bertz CT molecular complexity index is 269. The average Bonchev–Trinajstić information content (AvgIpc) is 2.70. The molecule has 2 rings (SSSR count). The second-order valence-electron chi connectivity index (χ2n) is 3.90. The summed E-state index contributed by atoms with van der Waals surface area (Å²) in [5.74, 6) is 0.840. The zero-order valence-electron chi connectivity index (χ0n) is 8.29. The van der Waals surface area contributed by atoms with E-state index in [-0.39, 0.29) is 0 Å². The van der Waals surface area contributed by atoms with Gasteiger partial charge in [0.15, 0.2) is 0 Å².